The molecule has 1 unspecified atom stereocenters. The van der Waals surface area contributed by atoms with Crippen LogP contribution < -0.4 is 5.32 Å². The Morgan fingerprint density at radius 1 is 1.38 bits per heavy atom. The molecule has 1 saturated heterocycles. The first-order chi connectivity index (χ1) is 7.86. The van der Waals surface area contributed by atoms with Gasteiger partial charge in [0, 0.05) is 12.6 Å². The normalized spacial score (nSPS) is 19.8. The van der Waals surface area contributed by atoms with Gasteiger partial charge in [0.1, 0.15) is 5.76 Å². The van der Waals surface area contributed by atoms with Crippen molar-refractivity contribution in [1.29, 1.82) is 0 Å². The highest BCUT2D eigenvalue weighted by Crippen LogP contribution is 2.11. The van der Waals surface area contributed by atoms with Gasteiger partial charge < -0.3 is 9.73 Å². The molecular formula is C13H22N2O. The summed E-state index contributed by atoms with van der Waals surface area (Å²) in [5.41, 5.74) is 0. The fourth-order valence-electron chi connectivity index (χ4n) is 2.31. The van der Waals surface area contributed by atoms with Crippen LogP contribution in [0.5, 0.6) is 0 Å². The predicted octanol–water partition coefficient (Wildman–Crippen LogP) is 2.24. The highest BCUT2D eigenvalue weighted by molar-refractivity contribution is 4.97. The van der Waals surface area contributed by atoms with Crippen molar-refractivity contribution in [3.8, 4) is 0 Å². The SMILES string of the molecule is CC(CNCc1ccco1)N1CCCCC1. The molecule has 3 nitrogen and oxygen atoms in total. The van der Waals surface area contributed by atoms with Crippen LogP contribution in [0.1, 0.15) is 31.9 Å². The number of hydrogen-bond donors (Lipinski definition) is 1. The Balaban J connectivity index is 1.65. The van der Waals surface area contributed by atoms with Crippen molar-refractivity contribution >= 4 is 0 Å². The molecule has 1 atom stereocenters. The average molecular weight is 222 g/mol. The van der Waals surface area contributed by atoms with E-state index in [1.54, 1.807) is 6.26 Å². The van der Waals surface area contributed by atoms with Gasteiger partial charge in [0.2, 0.25) is 0 Å². The first-order valence-corrected chi connectivity index (χ1v) is 6.33. The van der Waals surface area contributed by atoms with Crippen LogP contribution in [0.4, 0.5) is 0 Å². The highest BCUT2D eigenvalue weighted by Gasteiger charge is 2.15. The molecule has 1 fully saturated rings. The Hall–Kier alpha value is -0.800. The van der Waals surface area contributed by atoms with Crippen molar-refractivity contribution in [3.05, 3.63) is 24.2 Å². The first kappa shape index (κ1) is 11.7. The summed E-state index contributed by atoms with van der Waals surface area (Å²) in [5.74, 6) is 1.02. The van der Waals surface area contributed by atoms with E-state index in [0.717, 1.165) is 18.8 Å². The van der Waals surface area contributed by atoms with E-state index < -0.39 is 0 Å². The fraction of sp³-hybridized carbons (Fsp3) is 0.692. The number of rotatable bonds is 5. The molecule has 1 N–H and O–H groups in total. The van der Waals surface area contributed by atoms with Gasteiger partial charge in [-0.2, -0.15) is 0 Å². The van der Waals surface area contributed by atoms with Crippen LogP contribution in [0, 0.1) is 0 Å². The quantitative estimate of drug-likeness (QED) is 0.828. The van der Waals surface area contributed by atoms with E-state index in [1.165, 1.54) is 32.4 Å². The lowest BCUT2D eigenvalue weighted by molar-refractivity contribution is 0.170. The van der Waals surface area contributed by atoms with Gasteiger partial charge in [0.05, 0.1) is 12.8 Å². The van der Waals surface area contributed by atoms with Crippen molar-refractivity contribution in [3.63, 3.8) is 0 Å². The van der Waals surface area contributed by atoms with Crippen LogP contribution in [0.2, 0.25) is 0 Å². The van der Waals surface area contributed by atoms with E-state index in [2.05, 4.69) is 17.1 Å². The summed E-state index contributed by atoms with van der Waals surface area (Å²) in [6.45, 7) is 6.72. The summed E-state index contributed by atoms with van der Waals surface area (Å²) in [6.07, 6.45) is 5.86. The molecule has 2 heterocycles. The molecule has 90 valence electrons. The largest absolute Gasteiger partial charge is 0.468 e. The molecule has 1 aromatic heterocycles. The zero-order valence-corrected chi connectivity index (χ0v) is 10.1. The molecule has 0 aromatic carbocycles. The van der Waals surface area contributed by atoms with Crippen LogP contribution in [0.15, 0.2) is 22.8 Å². The summed E-state index contributed by atoms with van der Waals surface area (Å²) in [7, 11) is 0. The number of hydrogen-bond acceptors (Lipinski definition) is 3. The highest BCUT2D eigenvalue weighted by atomic mass is 16.3. The molecule has 0 amide bonds. The molecule has 2 rings (SSSR count). The van der Waals surface area contributed by atoms with E-state index in [-0.39, 0.29) is 0 Å². The van der Waals surface area contributed by atoms with E-state index in [9.17, 15) is 0 Å². The Morgan fingerprint density at radius 3 is 2.88 bits per heavy atom. The second kappa shape index (κ2) is 6.06. The summed E-state index contributed by atoms with van der Waals surface area (Å²) in [6, 6.07) is 4.58. The van der Waals surface area contributed by atoms with Crippen LogP contribution in [-0.4, -0.2) is 30.6 Å². The fourth-order valence-corrected chi connectivity index (χ4v) is 2.31. The van der Waals surface area contributed by atoms with Crippen LogP contribution >= 0.6 is 0 Å². The van der Waals surface area contributed by atoms with E-state index >= 15 is 0 Å². The zero-order chi connectivity index (χ0) is 11.2. The minimum absolute atomic E-state index is 0.635. The number of furan rings is 1. The third kappa shape index (κ3) is 3.35. The monoisotopic (exact) mass is 222 g/mol. The maximum atomic E-state index is 5.28. The Bertz CT molecular complexity index is 278. The third-order valence-electron chi connectivity index (χ3n) is 3.33. The molecular weight excluding hydrogens is 200 g/mol. The molecule has 1 aromatic rings. The minimum atomic E-state index is 0.635. The van der Waals surface area contributed by atoms with Gasteiger partial charge in [0.15, 0.2) is 0 Å². The maximum absolute atomic E-state index is 5.28. The van der Waals surface area contributed by atoms with Crippen LogP contribution in [0.3, 0.4) is 0 Å². The predicted molar refractivity (Wildman–Crippen MR) is 65.3 cm³/mol. The second-order valence-corrected chi connectivity index (χ2v) is 4.66. The molecule has 0 radical (unpaired) electrons. The molecule has 0 saturated carbocycles. The summed E-state index contributed by atoms with van der Waals surface area (Å²) in [5, 5.41) is 3.45. The van der Waals surface area contributed by atoms with Crippen LogP contribution in [0.25, 0.3) is 0 Å². The van der Waals surface area contributed by atoms with Crippen molar-refractivity contribution in [2.45, 2.75) is 38.8 Å². The van der Waals surface area contributed by atoms with Gasteiger partial charge in [-0.3, -0.25) is 4.90 Å². The molecule has 16 heavy (non-hydrogen) atoms. The molecule has 1 aliphatic heterocycles. The Morgan fingerprint density at radius 2 is 2.19 bits per heavy atom. The smallest absolute Gasteiger partial charge is 0.117 e. The lowest BCUT2D eigenvalue weighted by atomic mass is 10.1. The van der Waals surface area contributed by atoms with Gasteiger partial charge >= 0.3 is 0 Å². The number of nitrogens with one attached hydrogen (secondary N) is 1. The Labute approximate surface area is 97.8 Å². The van der Waals surface area contributed by atoms with Crippen molar-refractivity contribution < 1.29 is 4.42 Å². The summed E-state index contributed by atoms with van der Waals surface area (Å²) >= 11 is 0. The number of likely N-dealkylation sites (tertiary alicyclic amines) is 1. The number of piperidine rings is 1. The van der Waals surface area contributed by atoms with Gasteiger partial charge in [-0.1, -0.05) is 6.42 Å². The summed E-state index contributed by atoms with van der Waals surface area (Å²) in [4.78, 5) is 2.58. The molecule has 0 spiro atoms. The van der Waals surface area contributed by atoms with Gasteiger partial charge in [-0.05, 0) is 45.0 Å². The average Bonchev–Trinajstić information content (AvgIpc) is 2.83. The molecule has 3 heteroatoms. The standard InChI is InChI=1S/C13H22N2O/c1-12(15-7-3-2-4-8-15)10-14-11-13-6-5-9-16-13/h5-6,9,12,14H,2-4,7-8,10-11H2,1H3. The number of nitrogens with zero attached hydrogens (tertiary/aromatic N) is 1. The molecule has 0 bridgehead atoms. The minimum Gasteiger partial charge on any atom is -0.468 e. The maximum Gasteiger partial charge on any atom is 0.117 e. The summed E-state index contributed by atoms with van der Waals surface area (Å²) < 4.78 is 5.28. The van der Waals surface area contributed by atoms with E-state index in [0.29, 0.717) is 6.04 Å². The van der Waals surface area contributed by atoms with Gasteiger partial charge in [-0.15, -0.1) is 0 Å². The van der Waals surface area contributed by atoms with Crippen molar-refractivity contribution in [1.82, 2.24) is 10.2 Å². The lowest BCUT2D eigenvalue weighted by Gasteiger charge is -2.32. The second-order valence-electron chi connectivity index (χ2n) is 4.66. The van der Waals surface area contributed by atoms with E-state index in [1.807, 2.05) is 12.1 Å². The molecule has 1 aliphatic rings. The molecule has 0 aliphatic carbocycles. The van der Waals surface area contributed by atoms with E-state index in [4.69, 9.17) is 4.42 Å². The van der Waals surface area contributed by atoms with Crippen molar-refractivity contribution in [2.24, 2.45) is 0 Å². The van der Waals surface area contributed by atoms with Gasteiger partial charge in [0.25, 0.3) is 0 Å². The Kier molecular flexibility index (Phi) is 4.43. The van der Waals surface area contributed by atoms with Crippen molar-refractivity contribution in [2.75, 3.05) is 19.6 Å². The lowest BCUT2D eigenvalue weighted by Crippen LogP contribution is -2.42. The zero-order valence-electron chi connectivity index (χ0n) is 10.1. The van der Waals surface area contributed by atoms with Crippen LogP contribution in [-0.2, 0) is 6.54 Å². The topological polar surface area (TPSA) is 28.4 Å². The first-order valence-electron chi connectivity index (χ1n) is 6.33. The third-order valence-corrected chi connectivity index (χ3v) is 3.33. The van der Waals surface area contributed by atoms with Gasteiger partial charge in [-0.25, -0.2) is 0 Å².